The SMILES string of the molecule is CSc1ccccc1C(O)C(O)CCSC(C)=O. The maximum absolute atomic E-state index is 10.8. The highest BCUT2D eigenvalue weighted by Crippen LogP contribution is 2.28. The third kappa shape index (κ3) is 4.65. The van der Waals surface area contributed by atoms with Gasteiger partial charge >= 0.3 is 0 Å². The van der Waals surface area contributed by atoms with E-state index in [0.717, 1.165) is 10.5 Å². The zero-order chi connectivity index (χ0) is 13.5. The Morgan fingerprint density at radius 3 is 2.61 bits per heavy atom. The first kappa shape index (κ1) is 15.6. The van der Waals surface area contributed by atoms with Crippen LogP contribution in [0.1, 0.15) is 25.0 Å². The van der Waals surface area contributed by atoms with E-state index in [-0.39, 0.29) is 5.12 Å². The number of benzene rings is 1. The molecule has 0 amide bonds. The fourth-order valence-electron chi connectivity index (χ4n) is 1.60. The van der Waals surface area contributed by atoms with Gasteiger partial charge in [-0.05, 0) is 24.3 Å². The number of hydrogen-bond acceptors (Lipinski definition) is 5. The predicted molar refractivity (Wildman–Crippen MR) is 76.9 cm³/mol. The molecule has 0 aliphatic carbocycles. The standard InChI is InChI=1S/C13H18O3S2/c1-9(14)18-8-7-11(15)13(16)10-5-3-4-6-12(10)17-2/h3-6,11,13,15-16H,7-8H2,1-2H3. The first-order valence-corrected chi connectivity index (χ1v) is 7.89. The lowest BCUT2D eigenvalue weighted by molar-refractivity contribution is -0.109. The van der Waals surface area contributed by atoms with Crippen LogP contribution in [0.4, 0.5) is 0 Å². The molecular weight excluding hydrogens is 268 g/mol. The summed E-state index contributed by atoms with van der Waals surface area (Å²) in [6.07, 6.45) is 0.587. The minimum atomic E-state index is -0.902. The number of hydrogen-bond donors (Lipinski definition) is 2. The Bertz CT molecular complexity index is 396. The van der Waals surface area contributed by atoms with Crippen molar-refractivity contribution in [2.45, 2.75) is 30.4 Å². The molecule has 1 rings (SSSR count). The van der Waals surface area contributed by atoms with Crippen LogP contribution in [0.2, 0.25) is 0 Å². The molecule has 0 aliphatic rings. The van der Waals surface area contributed by atoms with Crippen LogP contribution >= 0.6 is 23.5 Å². The summed E-state index contributed by atoms with van der Waals surface area (Å²) in [5.74, 6) is 0.523. The first-order chi connectivity index (χ1) is 8.56. The zero-order valence-electron chi connectivity index (χ0n) is 10.5. The molecule has 0 saturated carbocycles. The molecule has 1 aromatic carbocycles. The van der Waals surface area contributed by atoms with Crippen molar-refractivity contribution in [1.29, 1.82) is 0 Å². The molecule has 0 spiro atoms. The van der Waals surface area contributed by atoms with Crippen molar-refractivity contribution in [3.63, 3.8) is 0 Å². The molecule has 3 nitrogen and oxygen atoms in total. The first-order valence-electron chi connectivity index (χ1n) is 5.68. The molecule has 5 heteroatoms. The summed E-state index contributed by atoms with van der Waals surface area (Å²) in [6, 6.07) is 7.48. The highest BCUT2D eigenvalue weighted by atomic mass is 32.2. The van der Waals surface area contributed by atoms with E-state index in [1.807, 2.05) is 30.5 Å². The van der Waals surface area contributed by atoms with E-state index in [9.17, 15) is 15.0 Å². The molecule has 2 atom stereocenters. The van der Waals surface area contributed by atoms with Crippen LogP contribution in [-0.4, -0.2) is 33.4 Å². The van der Waals surface area contributed by atoms with Crippen molar-refractivity contribution in [2.75, 3.05) is 12.0 Å². The second-order valence-electron chi connectivity index (χ2n) is 3.88. The smallest absolute Gasteiger partial charge is 0.185 e. The van der Waals surface area contributed by atoms with Gasteiger partial charge in [-0.25, -0.2) is 0 Å². The van der Waals surface area contributed by atoms with Gasteiger partial charge in [-0.1, -0.05) is 30.0 Å². The van der Waals surface area contributed by atoms with E-state index < -0.39 is 12.2 Å². The molecule has 0 aromatic heterocycles. The second-order valence-corrected chi connectivity index (χ2v) is 6.00. The zero-order valence-corrected chi connectivity index (χ0v) is 12.1. The minimum absolute atomic E-state index is 0.0289. The Kier molecular flexibility index (Phi) is 6.78. The van der Waals surface area contributed by atoms with Gasteiger partial charge in [0, 0.05) is 17.6 Å². The number of carbonyl (C=O) groups excluding carboxylic acids is 1. The van der Waals surface area contributed by atoms with Gasteiger partial charge in [-0.2, -0.15) is 0 Å². The highest BCUT2D eigenvalue weighted by Gasteiger charge is 2.20. The summed E-state index contributed by atoms with van der Waals surface area (Å²) in [5.41, 5.74) is 0.741. The van der Waals surface area contributed by atoms with E-state index in [4.69, 9.17) is 0 Å². The molecule has 2 unspecified atom stereocenters. The van der Waals surface area contributed by atoms with Crippen LogP contribution in [0, 0.1) is 0 Å². The van der Waals surface area contributed by atoms with Crippen LogP contribution < -0.4 is 0 Å². The van der Waals surface area contributed by atoms with Crippen LogP contribution in [0.25, 0.3) is 0 Å². The van der Waals surface area contributed by atoms with E-state index >= 15 is 0 Å². The average molecular weight is 286 g/mol. The summed E-state index contributed by atoms with van der Waals surface area (Å²) in [4.78, 5) is 11.7. The molecule has 0 heterocycles. The van der Waals surface area contributed by atoms with E-state index in [1.54, 1.807) is 0 Å². The van der Waals surface area contributed by atoms with Gasteiger partial charge in [0.2, 0.25) is 0 Å². The Hall–Kier alpha value is -0.490. The Morgan fingerprint density at radius 1 is 1.33 bits per heavy atom. The highest BCUT2D eigenvalue weighted by molar-refractivity contribution is 8.13. The topological polar surface area (TPSA) is 57.5 Å². The van der Waals surface area contributed by atoms with Crippen LogP contribution in [0.15, 0.2) is 29.2 Å². The van der Waals surface area contributed by atoms with Crippen molar-refractivity contribution in [3.8, 4) is 0 Å². The van der Waals surface area contributed by atoms with Crippen molar-refractivity contribution in [3.05, 3.63) is 29.8 Å². The molecule has 2 N–H and O–H groups in total. The number of carbonyl (C=O) groups is 1. The third-order valence-corrected chi connectivity index (χ3v) is 4.20. The molecule has 0 saturated heterocycles. The molecule has 0 aliphatic heterocycles. The van der Waals surface area contributed by atoms with E-state index in [1.165, 1.54) is 30.4 Å². The maximum atomic E-state index is 10.8. The molecule has 0 radical (unpaired) electrons. The molecule has 0 bridgehead atoms. The summed E-state index contributed by atoms with van der Waals surface area (Å²) in [5, 5.41) is 20.1. The van der Waals surface area contributed by atoms with Gasteiger partial charge in [-0.15, -0.1) is 11.8 Å². The van der Waals surface area contributed by atoms with Gasteiger partial charge in [0.25, 0.3) is 0 Å². The number of aliphatic hydroxyl groups excluding tert-OH is 2. The van der Waals surface area contributed by atoms with E-state index in [2.05, 4.69) is 0 Å². The number of aliphatic hydroxyl groups is 2. The van der Waals surface area contributed by atoms with Gasteiger partial charge in [0.15, 0.2) is 5.12 Å². The van der Waals surface area contributed by atoms with Gasteiger partial charge < -0.3 is 10.2 Å². The monoisotopic (exact) mass is 286 g/mol. The average Bonchev–Trinajstić information content (AvgIpc) is 2.37. The van der Waals surface area contributed by atoms with E-state index in [0.29, 0.717) is 12.2 Å². The normalized spacial score (nSPS) is 14.2. The van der Waals surface area contributed by atoms with Gasteiger partial charge in [-0.3, -0.25) is 4.79 Å². The van der Waals surface area contributed by atoms with Gasteiger partial charge in [0.05, 0.1) is 6.10 Å². The summed E-state index contributed by atoms with van der Waals surface area (Å²) >= 11 is 2.71. The van der Waals surface area contributed by atoms with Crippen molar-refractivity contribution in [1.82, 2.24) is 0 Å². The second kappa shape index (κ2) is 7.84. The Morgan fingerprint density at radius 2 is 2.00 bits per heavy atom. The lowest BCUT2D eigenvalue weighted by Crippen LogP contribution is -2.19. The van der Waals surface area contributed by atoms with Gasteiger partial charge in [0.1, 0.15) is 6.10 Å². The Balaban J connectivity index is 2.62. The summed E-state index contributed by atoms with van der Waals surface area (Å²) < 4.78 is 0. The number of rotatable bonds is 6. The van der Waals surface area contributed by atoms with Crippen LogP contribution in [0.3, 0.4) is 0 Å². The van der Waals surface area contributed by atoms with Crippen LogP contribution in [-0.2, 0) is 4.79 Å². The number of thioether (sulfide) groups is 2. The molecule has 100 valence electrons. The lowest BCUT2D eigenvalue weighted by Gasteiger charge is -2.19. The maximum Gasteiger partial charge on any atom is 0.185 e. The van der Waals surface area contributed by atoms with Crippen molar-refractivity contribution >= 4 is 28.6 Å². The molecule has 1 aromatic rings. The fourth-order valence-corrected chi connectivity index (χ4v) is 2.89. The molecule has 18 heavy (non-hydrogen) atoms. The minimum Gasteiger partial charge on any atom is -0.390 e. The predicted octanol–water partition coefficient (Wildman–Crippen LogP) is 2.47. The summed E-state index contributed by atoms with van der Waals surface area (Å²) in [6.45, 7) is 1.50. The lowest BCUT2D eigenvalue weighted by atomic mass is 10.0. The molecular formula is C13H18O3S2. The largest absolute Gasteiger partial charge is 0.390 e. The summed E-state index contributed by atoms with van der Waals surface area (Å²) in [7, 11) is 0. The Labute approximate surface area is 116 Å². The van der Waals surface area contributed by atoms with Crippen molar-refractivity contribution in [2.24, 2.45) is 0 Å². The van der Waals surface area contributed by atoms with Crippen LogP contribution in [0.5, 0.6) is 0 Å². The fraction of sp³-hybridized carbons (Fsp3) is 0.462. The third-order valence-electron chi connectivity index (χ3n) is 2.54. The quantitative estimate of drug-likeness (QED) is 0.787. The molecule has 0 fully saturated rings. The van der Waals surface area contributed by atoms with Crippen molar-refractivity contribution < 1.29 is 15.0 Å².